The molecule has 0 aliphatic rings. The summed E-state index contributed by atoms with van der Waals surface area (Å²) >= 11 is 7.35. The second-order valence-corrected chi connectivity index (χ2v) is 7.03. The molecule has 7 heteroatoms. The molecule has 5 nitrogen and oxygen atoms in total. The lowest BCUT2D eigenvalue weighted by Gasteiger charge is -1.98. The van der Waals surface area contributed by atoms with Crippen LogP contribution in [-0.4, -0.2) is 20.3 Å². The highest BCUT2D eigenvalue weighted by Gasteiger charge is 2.13. The van der Waals surface area contributed by atoms with Crippen molar-refractivity contribution in [2.75, 3.05) is 5.32 Å². The Labute approximate surface area is 152 Å². The number of carbonyl (C=O) groups is 1. The van der Waals surface area contributed by atoms with E-state index >= 15 is 0 Å². The number of carbonyl (C=O) groups excluding carboxylic acids is 1. The van der Waals surface area contributed by atoms with Crippen molar-refractivity contribution in [2.24, 2.45) is 0 Å². The molecule has 25 heavy (non-hydrogen) atoms. The van der Waals surface area contributed by atoms with Gasteiger partial charge < -0.3 is 4.40 Å². The van der Waals surface area contributed by atoms with E-state index in [-0.39, 0.29) is 5.91 Å². The predicted molar refractivity (Wildman–Crippen MR) is 99.5 cm³/mol. The van der Waals surface area contributed by atoms with Crippen molar-refractivity contribution < 1.29 is 4.79 Å². The second kappa shape index (κ2) is 6.66. The summed E-state index contributed by atoms with van der Waals surface area (Å²) in [7, 11) is 0. The maximum atomic E-state index is 12.4. The number of imidazole rings is 1. The van der Waals surface area contributed by atoms with E-state index in [0.29, 0.717) is 15.8 Å². The first-order valence-corrected chi connectivity index (χ1v) is 8.81. The van der Waals surface area contributed by atoms with Crippen LogP contribution < -0.4 is 5.32 Å². The van der Waals surface area contributed by atoms with E-state index in [1.54, 1.807) is 12.4 Å². The standard InChI is InChI=1S/C18H13ClN4OS/c19-13-6-4-12(5-7-13)9-14-10-20-18(25-14)22-17(24)15-11-23-8-2-1-3-16(23)21-15/h1-8,10-11H,9H2,(H,20,22,24). The zero-order valence-electron chi connectivity index (χ0n) is 13.0. The van der Waals surface area contributed by atoms with Gasteiger partial charge in [-0.05, 0) is 29.8 Å². The molecule has 0 aliphatic carbocycles. The number of hydrogen-bond acceptors (Lipinski definition) is 4. The Bertz CT molecular complexity index is 1010. The lowest BCUT2D eigenvalue weighted by atomic mass is 10.1. The summed E-state index contributed by atoms with van der Waals surface area (Å²) in [5.74, 6) is -0.268. The highest BCUT2D eigenvalue weighted by Crippen LogP contribution is 2.22. The number of halogens is 1. The van der Waals surface area contributed by atoms with Crippen LogP contribution in [0, 0.1) is 0 Å². The summed E-state index contributed by atoms with van der Waals surface area (Å²) in [6.45, 7) is 0. The Balaban J connectivity index is 1.46. The Morgan fingerprint density at radius 2 is 2.04 bits per heavy atom. The van der Waals surface area contributed by atoms with Crippen molar-refractivity contribution in [3.05, 3.63) is 82.2 Å². The van der Waals surface area contributed by atoms with Gasteiger partial charge >= 0.3 is 0 Å². The minimum Gasteiger partial charge on any atom is -0.306 e. The lowest BCUT2D eigenvalue weighted by molar-refractivity contribution is 0.102. The summed E-state index contributed by atoms with van der Waals surface area (Å²) in [5.41, 5.74) is 2.24. The number of pyridine rings is 1. The number of anilines is 1. The monoisotopic (exact) mass is 368 g/mol. The summed E-state index contributed by atoms with van der Waals surface area (Å²) < 4.78 is 1.81. The highest BCUT2D eigenvalue weighted by atomic mass is 35.5. The molecule has 0 aliphatic heterocycles. The molecule has 1 N–H and O–H groups in total. The average Bonchev–Trinajstić information content (AvgIpc) is 3.23. The summed E-state index contributed by atoms with van der Waals surface area (Å²) in [5, 5.41) is 4.08. The number of aromatic nitrogens is 3. The van der Waals surface area contributed by atoms with Gasteiger partial charge in [0.2, 0.25) is 0 Å². The first kappa shape index (κ1) is 15.8. The zero-order chi connectivity index (χ0) is 17.2. The van der Waals surface area contributed by atoms with Gasteiger partial charge in [0, 0.05) is 34.9 Å². The topological polar surface area (TPSA) is 59.3 Å². The van der Waals surface area contributed by atoms with E-state index in [0.717, 1.165) is 22.5 Å². The van der Waals surface area contributed by atoms with Crippen LogP contribution >= 0.6 is 22.9 Å². The molecule has 1 aromatic carbocycles. The van der Waals surface area contributed by atoms with Crippen molar-refractivity contribution >= 4 is 39.6 Å². The molecule has 0 bridgehead atoms. The molecule has 0 fully saturated rings. The van der Waals surface area contributed by atoms with Crippen molar-refractivity contribution in [1.82, 2.24) is 14.4 Å². The number of nitrogens with one attached hydrogen (secondary N) is 1. The van der Waals surface area contributed by atoms with Crippen LogP contribution in [-0.2, 0) is 6.42 Å². The van der Waals surface area contributed by atoms with Gasteiger partial charge in [-0.1, -0.05) is 29.8 Å². The Hall–Kier alpha value is -2.70. The maximum absolute atomic E-state index is 12.4. The maximum Gasteiger partial charge on any atom is 0.277 e. The van der Waals surface area contributed by atoms with Gasteiger partial charge in [0.05, 0.1) is 0 Å². The van der Waals surface area contributed by atoms with Crippen LogP contribution in [0.15, 0.2) is 61.1 Å². The molecule has 4 aromatic rings. The van der Waals surface area contributed by atoms with Crippen molar-refractivity contribution in [3.63, 3.8) is 0 Å². The third kappa shape index (κ3) is 3.55. The van der Waals surface area contributed by atoms with Gasteiger partial charge in [0.1, 0.15) is 11.3 Å². The quantitative estimate of drug-likeness (QED) is 0.584. The molecule has 0 spiro atoms. The van der Waals surface area contributed by atoms with Gasteiger partial charge in [-0.2, -0.15) is 0 Å². The molecule has 3 heterocycles. The lowest BCUT2D eigenvalue weighted by Crippen LogP contribution is -2.11. The zero-order valence-corrected chi connectivity index (χ0v) is 14.6. The molecule has 124 valence electrons. The van der Waals surface area contributed by atoms with Crippen molar-refractivity contribution in [1.29, 1.82) is 0 Å². The third-order valence-electron chi connectivity index (χ3n) is 3.66. The predicted octanol–water partition coefficient (Wildman–Crippen LogP) is 4.29. The minimum absolute atomic E-state index is 0.268. The average molecular weight is 369 g/mol. The van der Waals surface area contributed by atoms with Crippen LogP contribution in [0.1, 0.15) is 20.9 Å². The number of benzene rings is 1. The third-order valence-corrected chi connectivity index (χ3v) is 4.83. The van der Waals surface area contributed by atoms with E-state index in [2.05, 4.69) is 15.3 Å². The molecule has 0 unspecified atom stereocenters. The fourth-order valence-corrected chi connectivity index (χ4v) is 3.42. The Morgan fingerprint density at radius 1 is 1.20 bits per heavy atom. The van der Waals surface area contributed by atoms with Gasteiger partial charge in [0.25, 0.3) is 5.91 Å². The van der Waals surface area contributed by atoms with Gasteiger partial charge in [-0.3, -0.25) is 10.1 Å². The number of hydrogen-bond donors (Lipinski definition) is 1. The largest absolute Gasteiger partial charge is 0.306 e. The highest BCUT2D eigenvalue weighted by molar-refractivity contribution is 7.15. The van der Waals surface area contributed by atoms with Crippen LogP contribution in [0.4, 0.5) is 5.13 Å². The number of fused-ring (bicyclic) bond motifs is 1. The van der Waals surface area contributed by atoms with E-state index < -0.39 is 0 Å². The molecule has 0 saturated carbocycles. The summed E-state index contributed by atoms with van der Waals surface area (Å²) in [6, 6.07) is 13.3. The molecule has 0 radical (unpaired) electrons. The first-order valence-electron chi connectivity index (χ1n) is 7.61. The summed E-state index contributed by atoms with van der Waals surface area (Å²) in [4.78, 5) is 22.0. The van der Waals surface area contributed by atoms with Gasteiger partial charge in [-0.15, -0.1) is 11.3 Å². The van der Waals surface area contributed by atoms with E-state index in [1.165, 1.54) is 11.3 Å². The number of amides is 1. The van der Waals surface area contributed by atoms with Gasteiger partial charge in [0.15, 0.2) is 5.13 Å². The first-order chi connectivity index (χ1) is 12.2. The number of thiazole rings is 1. The molecular weight excluding hydrogens is 356 g/mol. The smallest absolute Gasteiger partial charge is 0.277 e. The molecular formula is C18H13ClN4OS. The minimum atomic E-state index is -0.268. The van der Waals surface area contributed by atoms with Crippen LogP contribution in [0.5, 0.6) is 0 Å². The fraction of sp³-hybridized carbons (Fsp3) is 0.0556. The van der Waals surface area contributed by atoms with Crippen LogP contribution in [0.25, 0.3) is 5.65 Å². The van der Waals surface area contributed by atoms with Crippen LogP contribution in [0.2, 0.25) is 5.02 Å². The van der Waals surface area contributed by atoms with E-state index in [1.807, 2.05) is 53.1 Å². The van der Waals surface area contributed by atoms with Gasteiger partial charge in [-0.25, -0.2) is 9.97 Å². The Morgan fingerprint density at radius 3 is 2.84 bits per heavy atom. The molecule has 0 saturated heterocycles. The molecule has 4 rings (SSSR count). The normalized spacial score (nSPS) is 10.9. The molecule has 3 aromatic heterocycles. The SMILES string of the molecule is O=C(Nc1ncc(Cc2ccc(Cl)cc2)s1)c1cn2ccccc2n1. The van der Waals surface area contributed by atoms with Crippen LogP contribution in [0.3, 0.4) is 0 Å². The summed E-state index contributed by atoms with van der Waals surface area (Å²) in [6.07, 6.45) is 6.08. The number of nitrogens with zero attached hydrogens (tertiary/aromatic N) is 3. The molecule has 0 atom stereocenters. The van der Waals surface area contributed by atoms with Crippen molar-refractivity contribution in [2.45, 2.75) is 6.42 Å². The van der Waals surface area contributed by atoms with Crippen molar-refractivity contribution in [3.8, 4) is 0 Å². The van der Waals surface area contributed by atoms with E-state index in [4.69, 9.17) is 11.6 Å². The fourth-order valence-electron chi connectivity index (χ4n) is 2.46. The van der Waals surface area contributed by atoms with E-state index in [9.17, 15) is 4.79 Å². The Kier molecular flexibility index (Phi) is 4.21. The second-order valence-electron chi connectivity index (χ2n) is 5.48. The number of rotatable bonds is 4. The molecule has 1 amide bonds.